The van der Waals surface area contributed by atoms with Crippen molar-refractivity contribution in [3.05, 3.63) is 5.82 Å². The lowest BCUT2D eigenvalue weighted by atomic mass is 10.0. The Balaban J connectivity index is 2.07. The van der Waals surface area contributed by atoms with Crippen molar-refractivity contribution >= 4 is 19.7 Å². The summed E-state index contributed by atoms with van der Waals surface area (Å²) in [4.78, 5) is 0. The van der Waals surface area contributed by atoms with Crippen LogP contribution in [0.2, 0.25) is 0 Å². The summed E-state index contributed by atoms with van der Waals surface area (Å²) in [6.45, 7) is 5.84. The van der Waals surface area contributed by atoms with E-state index in [1.165, 1.54) is 6.42 Å². The summed E-state index contributed by atoms with van der Waals surface area (Å²) in [5, 5.41) is 7.84. The quantitative estimate of drug-likeness (QED) is 0.787. The second kappa shape index (κ2) is 3.95. The van der Waals surface area contributed by atoms with Crippen LogP contribution < -0.4 is 0 Å². The lowest BCUT2D eigenvalue weighted by molar-refractivity contribution is 0.339. The Morgan fingerprint density at radius 3 is 2.21 bits per heavy atom. The van der Waals surface area contributed by atoms with Crippen LogP contribution in [0.3, 0.4) is 0 Å². The number of halogens is 1. The van der Waals surface area contributed by atoms with Gasteiger partial charge in [0, 0.05) is 22.1 Å². The third-order valence-electron chi connectivity index (χ3n) is 4.16. The van der Waals surface area contributed by atoms with E-state index in [1.807, 2.05) is 20.8 Å². The Kier molecular flexibility index (Phi) is 2.78. The molecule has 0 aliphatic heterocycles. The van der Waals surface area contributed by atoms with Gasteiger partial charge < -0.3 is 0 Å². The normalized spacial score (nSPS) is 30.4. The van der Waals surface area contributed by atoms with Gasteiger partial charge in [-0.25, -0.2) is 8.42 Å². The van der Waals surface area contributed by atoms with Crippen LogP contribution in [0.4, 0.5) is 0 Å². The molecule has 3 rings (SSSR count). The minimum Gasteiger partial charge on any atom is -0.295 e. The van der Waals surface area contributed by atoms with Gasteiger partial charge in [-0.1, -0.05) is 0 Å². The number of aromatic nitrogens is 3. The molecule has 2 saturated carbocycles. The summed E-state index contributed by atoms with van der Waals surface area (Å²) in [5.74, 6) is 2.72. The van der Waals surface area contributed by atoms with Crippen LogP contribution in [-0.4, -0.2) is 23.2 Å². The maximum Gasteiger partial charge on any atom is 0.296 e. The first-order valence-electron chi connectivity index (χ1n) is 6.58. The second-order valence-electron chi connectivity index (χ2n) is 6.71. The molecule has 2 fully saturated rings. The van der Waals surface area contributed by atoms with Crippen molar-refractivity contribution < 1.29 is 8.42 Å². The van der Waals surface area contributed by atoms with Crippen LogP contribution in [0, 0.1) is 11.8 Å². The molecule has 1 aromatic rings. The summed E-state index contributed by atoms with van der Waals surface area (Å²) in [6.07, 6.45) is 3.52. The van der Waals surface area contributed by atoms with Gasteiger partial charge in [0.2, 0.25) is 0 Å². The van der Waals surface area contributed by atoms with E-state index in [-0.39, 0.29) is 5.16 Å². The molecule has 7 heteroatoms. The molecule has 0 N–H and O–H groups in total. The van der Waals surface area contributed by atoms with Crippen molar-refractivity contribution in [1.82, 2.24) is 14.8 Å². The maximum atomic E-state index is 11.6. The molecule has 1 heterocycles. The highest BCUT2D eigenvalue weighted by molar-refractivity contribution is 8.13. The molecule has 0 amide bonds. The first-order chi connectivity index (χ1) is 8.68. The monoisotopic (exact) mass is 303 g/mol. The van der Waals surface area contributed by atoms with E-state index < -0.39 is 14.6 Å². The van der Waals surface area contributed by atoms with E-state index >= 15 is 0 Å². The maximum absolute atomic E-state index is 11.6. The number of rotatable bonds is 2. The number of hydrogen-bond donors (Lipinski definition) is 0. The van der Waals surface area contributed by atoms with Crippen molar-refractivity contribution in [3.8, 4) is 0 Å². The van der Waals surface area contributed by atoms with Gasteiger partial charge in [-0.05, 0) is 51.9 Å². The summed E-state index contributed by atoms with van der Waals surface area (Å²) in [6, 6.07) is 0. The molecule has 0 saturated heterocycles. The Labute approximate surface area is 117 Å². The predicted octanol–water partition coefficient (Wildman–Crippen LogP) is 2.47. The standard InChI is InChI=1S/C12H18ClN3O2S/c1-12(2,3)16-10(9-5-7-4-8(7)6-9)14-15-11(16)19(13,17)18/h7-9H,4-6H2,1-3H3. The Morgan fingerprint density at radius 1 is 1.16 bits per heavy atom. The summed E-state index contributed by atoms with van der Waals surface area (Å²) >= 11 is 0. The Hall–Kier alpha value is -0.620. The van der Waals surface area contributed by atoms with Gasteiger partial charge in [0.1, 0.15) is 5.82 Å². The lowest BCUT2D eigenvalue weighted by Crippen LogP contribution is -2.28. The first-order valence-corrected chi connectivity index (χ1v) is 8.89. The zero-order chi connectivity index (χ0) is 14.0. The molecule has 0 bridgehead atoms. The Bertz CT molecular complexity index is 607. The van der Waals surface area contributed by atoms with Crippen LogP contribution in [-0.2, 0) is 14.6 Å². The van der Waals surface area contributed by atoms with E-state index in [0.29, 0.717) is 5.92 Å². The molecule has 5 nitrogen and oxygen atoms in total. The smallest absolute Gasteiger partial charge is 0.295 e. The average Bonchev–Trinajstić information content (AvgIpc) is 2.75. The van der Waals surface area contributed by atoms with Crippen LogP contribution in [0.1, 0.15) is 51.8 Å². The van der Waals surface area contributed by atoms with Gasteiger partial charge in [0.15, 0.2) is 0 Å². The van der Waals surface area contributed by atoms with Crippen molar-refractivity contribution in [2.75, 3.05) is 0 Å². The highest BCUT2D eigenvalue weighted by atomic mass is 35.7. The highest BCUT2D eigenvalue weighted by Crippen LogP contribution is 2.57. The van der Waals surface area contributed by atoms with Crippen LogP contribution in [0.25, 0.3) is 0 Å². The number of nitrogens with zero attached hydrogens (tertiary/aromatic N) is 3. The number of fused-ring (bicyclic) bond motifs is 1. The van der Waals surface area contributed by atoms with Crippen molar-refractivity contribution in [2.24, 2.45) is 11.8 Å². The summed E-state index contributed by atoms with van der Waals surface area (Å²) in [7, 11) is 1.61. The zero-order valence-corrected chi connectivity index (χ0v) is 12.9. The van der Waals surface area contributed by atoms with Crippen LogP contribution in [0.15, 0.2) is 5.16 Å². The molecule has 19 heavy (non-hydrogen) atoms. The molecule has 106 valence electrons. The summed E-state index contributed by atoms with van der Waals surface area (Å²) < 4.78 is 25.0. The van der Waals surface area contributed by atoms with Gasteiger partial charge in [0.25, 0.3) is 14.2 Å². The minimum atomic E-state index is -3.87. The largest absolute Gasteiger partial charge is 0.296 e. The van der Waals surface area contributed by atoms with E-state index in [2.05, 4.69) is 10.2 Å². The van der Waals surface area contributed by atoms with E-state index in [9.17, 15) is 8.42 Å². The molecule has 2 atom stereocenters. The van der Waals surface area contributed by atoms with E-state index in [0.717, 1.165) is 30.5 Å². The third kappa shape index (κ3) is 2.29. The zero-order valence-electron chi connectivity index (χ0n) is 11.3. The van der Waals surface area contributed by atoms with E-state index in [4.69, 9.17) is 10.7 Å². The third-order valence-corrected chi connectivity index (χ3v) is 5.27. The average molecular weight is 304 g/mol. The number of hydrogen-bond acceptors (Lipinski definition) is 4. The summed E-state index contributed by atoms with van der Waals surface area (Å²) in [5.41, 5.74) is -0.400. The van der Waals surface area contributed by atoms with Crippen molar-refractivity contribution in [1.29, 1.82) is 0 Å². The topological polar surface area (TPSA) is 64.8 Å². The molecule has 2 unspecified atom stereocenters. The predicted molar refractivity (Wildman–Crippen MR) is 71.6 cm³/mol. The molecule has 0 spiro atoms. The minimum absolute atomic E-state index is 0.128. The second-order valence-corrected chi connectivity index (χ2v) is 9.17. The van der Waals surface area contributed by atoms with Gasteiger partial charge in [0.05, 0.1) is 0 Å². The van der Waals surface area contributed by atoms with Crippen LogP contribution >= 0.6 is 10.7 Å². The lowest BCUT2D eigenvalue weighted by Gasteiger charge is -2.26. The van der Waals surface area contributed by atoms with Gasteiger partial charge in [-0.2, -0.15) is 0 Å². The molecule has 2 aliphatic rings. The fourth-order valence-corrected chi connectivity index (χ4v) is 4.28. The van der Waals surface area contributed by atoms with Crippen LogP contribution in [0.5, 0.6) is 0 Å². The molecular formula is C12H18ClN3O2S. The van der Waals surface area contributed by atoms with Gasteiger partial charge in [-0.15, -0.1) is 10.2 Å². The SMILES string of the molecule is CC(C)(C)n1c(C2CC3CC3C2)nnc1S(=O)(=O)Cl. The highest BCUT2D eigenvalue weighted by Gasteiger charge is 2.48. The molecule has 0 aromatic carbocycles. The molecule has 0 radical (unpaired) electrons. The van der Waals surface area contributed by atoms with Crippen molar-refractivity contribution in [2.45, 2.75) is 56.6 Å². The fourth-order valence-electron chi connectivity index (χ4n) is 3.26. The van der Waals surface area contributed by atoms with Gasteiger partial charge in [-0.3, -0.25) is 4.57 Å². The Morgan fingerprint density at radius 2 is 1.74 bits per heavy atom. The van der Waals surface area contributed by atoms with Crippen molar-refractivity contribution in [3.63, 3.8) is 0 Å². The molecular weight excluding hydrogens is 286 g/mol. The van der Waals surface area contributed by atoms with Gasteiger partial charge >= 0.3 is 0 Å². The molecule has 1 aromatic heterocycles. The van der Waals surface area contributed by atoms with E-state index in [1.54, 1.807) is 4.57 Å². The molecule has 2 aliphatic carbocycles. The fraction of sp³-hybridized carbons (Fsp3) is 0.833. The first kappa shape index (κ1) is 13.4.